The molecule has 0 aliphatic heterocycles. The van der Waals surface area contributed by atoms with E-state index in [1.807, 2.05) is 36.4 Å². The Morgan fingerprint density at radius 1 is 1.05 bits per heavy atom. The standard InChI is InChI=1S/C14H12ClN5/c15-11-6-7-14(16-8-11)17-9-12-10-18-20(19-12)13-4-2-1-3-5-13/h1-8,10H,9H2,(H,16,17). The molecular weight excluding hydrogens is 274 g/mol. The van der Waals surface area contributed by atoms with E-state index in [0.717, 1.165) is 17.2 Å². The lowest BCUT2D eigenvalue weighted by molar-refractivity contribution is 0.740. The number of rotatable bonds is 4. The minimum atomic E-state index is 0.557. The molecule has 0 atom stereocenters. The zero-order valence-electron chi connectivity index (χ0n) is 10.6. The Hall–Kier alpha value is -2.40. The average molecular weight is 286 g/mol. The molecule has 0 unspecified atom stereocenters. The number of hydrogen-bond donors (Lipinski definition) is 1. The Balaban J connectivity index is 1.67. The van der Waals surface area contributed by atoms with Crippen LogP contribution < -0.4 is 5.32 Å². The minimum absolute atomic E-state index is 0.557. The predicted octanol–water partition coefficient (Wildman–Crippen LogP) is 2.93. The largest absolute Gasteiger partial charge is 0.364 e. The molecule has 100 valence electrons. The fraction of sp³-hybridized carbons (Fsp3) is 0.0714. The van der Waals surface area contributed by atoms with Gasteiger partial charge in [-0.25, -0.2) is 4.98 Å². The van der Waals surface area contributed by atoms with Gasteiger partial charge in [-0.1, -0.05) is 29.8 Å². The van der Waals surface area contributed by atoms with Crippen LogP contribution in [0.4, 0.5) is 5.82 Å². The van der Waals surface area contributed by atoms with Gasteiger partial charge in [0.15, 0.2) is 0 Å². The summed E-state index contributed by atoms with van der Waals surface area (Å²) in [7, 11) is 0. The zero-order chi connectivity index (χ0) is 13.8. The fourth-order valence-electron chi connectivity index (χ4n) is 1.72. The SMILES string of the molecule is Clc1ccc(NCc2cnn(-c3ccccc3)n2)nc1. The summed E-state index contributed by atoms with van der Waals surface area (Å²) in [5.41, 5.74) is 1.77. The molecule has 2 aromatic heterocycles. The van der Waals surface area contributed by atoms with Gasteiger partial charge in [-0.15, -0.1) is 0 Å². The minimum Gasteiger partial charge on any atom is -0.364 e. The van der Waals surface area contributed by atoms with Crippen LogP contribution in [0, 0.1) is 0 Å². The van der Waals surface area contributed by atoms with Crippen LogP contribution in [0.5, 0.6) is 0 Å². The molecule has 3 rings (SSSR count). The second kappa shape index (κ2) is 5.71. The third kappa shape index (κ3) is 2.95. The highest BCUT2D eigenvalue weighted by molar-refractivity contribution is 6.30. The number of benzene rings is 1. The molecule has 0 saturated heterocycles. The number of hydrogen-bond acceptors (Lipinski definition) is 4. The summed E-state index contributed by atoms with van der Waals surface area (Å²) in [6.07, 6.45) is 3.33. The van der Waals surface area contributed by atoms with Crippen LogP contribution in [-0.2, 0) is 6.54 Å². The van der Waals surface area contributed by atoms with E-state index in [1.165, 1.54) is 0 Å². The molecule has 0 spiro atoms. The van der Waals surface area contributed by atoms with Gasteiger partial charge in [0.1, 0.15) is 11.5 Å². The van der Waals surface area contributed by atoms with Crippen molar-refractivity contribution < 1.29 is 0 Å². The number of halogens is 1. The number of anilines is 1. The first kappa shape index (κ1) is 12.6. The summed E-state index contributed by atoms with van der Waals surface area (Å²) < 4.78 is 0. The maximum atomic E-state index is 5.78. The summed E-state index contributed by atoms with van der Waals surface area (Å²) in [6.45, 7) is 0.557. The number of nitrogens with zero attached hydrogens (tertiary/aromatic N) is 4. The quantitative estimate of drug-likeness (QED) is 0.801. The summed E-state index contributed by atoms with van der Waals surface area (Å²) in [5.74, 6) is 0.753. The van der Waals surface area contributed by atoms with E-state index in [-0.39, 0.29) is 0 Å². The van der Waals surface area contributed by atoms with Crippen molar-refractivity contribution in [3.05, 3.63) is 65.6 Å². The molecular formula is C14H12ClN5. The first-order valence-electron chi connectivity index (χ1n) is 6.13. The highest BCUT2D eigenvalue weighted by Gasteiger charge is 2.02. The second-order valence-electron chi connectivity index (χ2n) is 4.18. The van der Waals surface area contributed by atoms with Gasteiger partial charge in [0, 0.05) is 6.20 Å². The molecule has 1 aromatic carbocycles. The van der Waals surface area contributed by atoms with Crippen LogP contribution in [0.3, 0.4) is 0 Å². The highest BCUT2D eigenvalue weighted by Crippen LogP contribution is 2.10. The Bertz CT molecular complexity index is 678. The van der Waals surface area contributed by atoms with Crippen LogP contribution in [0.25, 0.3) is 5.69 Å². The molecule has 0 fully saturated rings. The van der Waals surface area contributed by atoms with Crippen molar-refractivity contribution in [2.75, 3.05) is 5.32 Å². The third-order valence-electron chi connectivity index (χ3n) is 2.70. The lowest BCUT2D eigenvalue weighted by Gasteiger charge is -2.02. The monoisotopic (exact) mass is 285 g/mol. The zero-order valence-corrected chi connectivity index (χ0v) is 11.3. The fourth-order valence-corrected chi connectivity index (χ4v) is 1.83. The Kier molecular flexibility index (Phi) is 3.60. The van der Waals surface area contributed by atoms with Gasteiger partial charge < -0.3 is 5.32 Å². The second-order valence-corrected chi connectivity index (χ2v) is 4.61. The molecule has 6 heteroatoms. The molecule has 5 nitrogen and oxygen atoms in total. The van der Waals surface area contributed by atoms with E-state index >= 15 is 0 Å². The first-order chi connectivity index (χ1) is 9.81. The van der Waals surface area contributed by atoms with Crippen LogP contribution >= 0.6 is 11.6 Å². The van der Waals surface area contributed by atoms with Gasteiger partial charge in [0.25, 0.3) is 0 Å². The maximum Gasteiger partial charge on any atom is 0.126 e. The lowest BCUT2D eigenvalue weighted by Crippen LogP contribution is -2.03. The Morgan fingerprint density at radius 2 is 1.90 bits per heavy atom. The topological polar surface area (TPSA) is 55.6 Å². The van der Waals surface area contributed by atoms with Crippen LogP contribution in [0.1, 0.15) is 5.69 Å². The summed E-state index contributed by atoms with van der Waals surface area (Å²) >= 11 is 5.78. The van der Waals surface area contributed by atoms with Crippen molar-refractivity contribution in [1.29, 1.82) is 0 Å². The Morgan fingerprint density at radius 3 is 2.65 bits per heavy atom. The van der Waals surface area contributed by atoms with Gasteiger partial charge >= 0.3 is 0 Å². The molecule has 1 N–H and O–H groups in total. The lowest BCUT2D eigenvalue weighted by atomic mass is 10.3. The molecule has 3 aromatic rings. The van der Waals surface area contributed by atoms with E-state index in [0.29, 0.717) is 11.6 Å². The average Bonchev–Trinajstić information content (AvgIpc) is 2.97. The van der Waals surface area contributed by atoms with E-state index in [2.05, 4.69) is 20.5 Å². The van der Waals surface area contributed by atoms with Crippen molar-refractivity contribution in [3.8, 4) is 5.69 Å². The van der Waals surface area contributed by atoms with Crippen molar-refractivity contribution >= 4 is 17.4 Å². The van der Waals surface area contributed by atoms with Crippen molar-refractivity contribution in [2.45, 2.75) is 6.54 Å². The number of pyridine rings is 1. The number of aromatic nitrogens is 4. The first-order valence-corrected chi connectivity index (χ1v) is 6.51. The van der Waals surface area contributed by atoms with Crippen LogP contribution in [0.15, 0.2) is 54.9 Å². The summed E-state index contributed by atoms with van der Waals surface area (Å²) in [5, 5.41) is 12.4. The van der Waals surface area contributed by atoms with Crippen molar-refractivity contribution in [1.82, 2.24) is 20.0 Å². The van der Waals surface area contributed by atoms with Crippen LogP contribution in [0.2, 0.25) is 5.02 Å². The maximum absolute atomic E-state index is 5.78. The van der Waals surface area contributed by atoms with Crippen molar-refractivity contribution in [3.63, 3.8) is 0 Å². The Labute approximate surface area is 121 Å². The molecule has 0 aliphatic carbocycles. The molecule has 0 aliphatic rings. The van der Waals surface area contributed by atoms with Crippen molar-refractivity contribution in [2.24, 2.45) is 0 Å². The van der Waals surface area contributed by atoms with Gasteiger partial charge in [-0.3, -0.25) is 0 Å². The van der Waals surface area contributed by atoms with Gasteiger partial charge in [0.05, 0.1) is 23.5 Å². The molecule has 2 heterocycles. The smallest absolute Gasteiger partial charge is 0.126 e. The molecule has 0 radical (unpaired) electrons. The van der Waals surface area contributed by atoms with Gasteiger partial charge in [0.2, 0.25) is 0 Å². The number of nitrogens with one attached hydrogen (secondary N) is 1. The van der Waals surface area contributed by atoms with E-state index in [9.17, 15) is 0 Å². The van der Waals surface area contributed by atoms with E-state index < -0.39 is 0 Å². The summed E-state index contributed by atoms with van der Waals surface area (Å²) in [4.78, 5) is 5.76. The van der Waals surface area contributed by atoms with E-state index in [4.69, 9.17) is 11.6 Å². The molecule has 0 saturated carbocycles. The normalized spacial score (nSPS) is 10.4. The summed E-state index contributed by atoms with van der Waals surface area (Å²) in [6, 6.07) is 13.4. The van der Waals surface area contributed by atoms with Gasteiger partial charge in [-0.05, 0) is 24.3 Å². The predicted molar refractivity (Wildman–Crippen MR) is 77.9 cm³/mol. The number of para-hydroxylation sites is 1. The molecule has 20 heavy (non-hydrogen) atoms. The highest BCUT2D eigenvalue weighted by atomic mass is 35.5. The van der Waals surface area contributed by atoms with Gasteiger partial charge in [-0.2, -0.15) is 15.0 Å². The van der Waals surface area contributed by atoms with Crippen LogP contribution in [-0.4, -0.2) is 20.0 Å². The molecule has 0 amide bonds. The molecule has 0 bridgehead atoms. The third-order valence-corrected chi connectivity index (χ3v) is 2.93. The van der Waals surface area contributed by atoms with E-state index in [1.54, 1.807) is 23.3 Å².